The fourth-order valence-corrected chi connectivity index (χ4v) is 5.08. The lowest BCUT2D eigenvalue weighted by atomic mass is 9.68. The van der Waals surface area contributed by atoms with E-state index >= 15 is 0 Å². The summed E-state index contributed by atoms with van der Waals surface area (Å²) in [6.07, 6.45) is -0.0944. The van der Waals surface area contributed by atoms with Crippen molar-refractivity contribution in [2.45, 2.75) is 31.3 Å². The third kappa shape index (κ3) is 5.04. The molecule has 1 fully saturated rings. The molecule has 4 aromatic carbocycles. The molecule has 0 radical (unpaired) electrons. The number of hydrogen-bond donors (Lipinski definition) is 1. The summed E-state index contributed by atoms with van der Waals surface area (Å²) in [5.74, 6) is -0.00819. The highest BCUT2D eigenvalue weighted by molar-refractivity contribution is 6.08. The average molecular weight is 514 g/mol. The zero-order valence-corrected chi connectivity index (χ0v) is 21.1. The summed E-state index contributed by atoms with van der Waals surface area (Å²) in [5, 5.41) is 10.8. The van der Waals surface area contributed by atoms with Gasteiger partial charge < -0.3 is 14.7 Å². The first-order chi connectivity index (χ1) is 18.4. The van der Waals surface area contributed by atoms with Crippen molar-refractivity contribution in [3.05, 3.63) is 120 Å². The normalized spacial score (nSPS) is 17.7. The molecular formula is C32H29F2NO3. The first kappa shape index (κ1) is 25.6. The molecule has 6 heteroatoms. The summed E-state index contributed by atoms with van der Waals surface area (Å²) in [4.78, 5) is 15.3. The van der Waals surface area contributed by atoms with E-state index in [4.69, 9.17) is 4.74 Å². The summed E-state index contributed by atoms with van der Waals surface area (Å²) < 4.78 is 32.3. The molecule has 1 heterocycles. The fraction of sp³-hybridized carbons (Fsp3) is 0.219. The number of anilines is 1. The zero-order valence-electron chi connectivity index (χ0n) is 21.1. The van der Waals surface area contributed by atoms with Crippen LogP contribution in [0.3, 0.4) is 0 Å². The van der Waals surface area contributed by atoms with E-state index < -0.39 is 11.5 Å². The number of aliphatic hydroxyl groups excluding tert-OH is 1. The highest BCUT2D eigenvalue weighted by Gasteiger charge is 2.53. The lowest BCUT2D eigenvalue weighted by molar-refractivity contribution is -0.130. The van der Waals surface area contributed by atoms with Crippen LogP contribution in [0.4, 0.5) is 14.5 Å². The Morgan fingerprint density at radius 1 is 0.842 bits per heavy atom. The number of amides is 1. The lowest BCUT2D eigenvalue weighted by Gasteiger charge is -2.49. The molecule has 0 bridgehead atoms. The molecule has 0 aromatic heterocycles. The Morgan fingerprint density at radius 2 is 1.39 bits per heavy atom. The molecule has 4 nitrogen and oxygen atoms in total. The van der Waals surface area contributed by atoms with E-state index in [0.717, 1.165) is 22.4 Å². The van der Waals surface area contributed by atoms with Crippen LogP contribution in [-0.2, 0) is 10.2 Å². The smallest absolute Gasteiger partial charge is 0.239 e. The average Bonchev–Trinajstić information content (AvgIpc) is 2.94. The molecular weight excluding hydrogens is 484 g/mol. The Bertz CT molecular complexity index is 1390. The Kier molecular flexibility index (Phi) is 7.25. The van der Waals surface area contributed by atoms with Crippen molar-refractivity contribution in [1.82, 2.24) is 0 Å². The van der Waals surface area contributed by atoms with Crippen LogP contribution in [0.25, 0.3) is 11.1 Å². The minimum absolute atomic E-state index is 0.0933. The summed E-state index contributed by atoms with van der Waals surface area (Å²) in [6, 6.07) is 27.4. The predicted octanol–water partition coefficient (Wildman–Crippen LogP) is 6.83. The molecule has 38 heavy (non-hydrogen) atoms. The predicted molar refractivity (Wildman–Crippen MR) is 144 cm³/mol. The van der Waals surface area contributed by atoms with Crippen LogP contribution >= 0.6 is 0 Å². The molecule has 0 spiro atoms. The van der Waals surface area contributed by atoms with E-state index in [1.807, 2.05) is 55.5 Å². The summed E-state index contributed by atoms with van der Waals surface area (Å²) in [7, 11) is 0. The molecule has 1 aliphatic rings. The molecule has 1 unspecified atom stereocenters. The van der Waals surface area contributed by atoms with Gasteiger partial charge in [0.2, 0.25) is 5.91 Å². The summed E-state index contributed by atoms with van der Waals surface area (Å²) in [6.45, 7) is 2.96. The van der Waals surface area contributed by atoms with E-state index in [0.29, 0.717) is 37.2 Å². The van der Waals surface area contributed by atoms with Crippen LogP contribution in [0.2, 0.25) is 0 Å². The van der Waals surface area contributed by atoms with E-state index in [1.165, 1.54) is 24.3 Å². The maximum absolute atomic E-state index is 13.7. The van der Waals surface area contributed by atoms with Crippen molar-refractivity contribution in [1.29, 1.82) is 0 Å². The first-order valence-corrected chi connectivity index (χ1v) is 12.7. The van der Waals surface area contributed by atoms with Gasteiger partial charge in [0.15, 0.2) is 0 Å². The van der Waals surface area contributed by atoms with Crippen molar-refractivity contribution < 1.29 is 23.4 Å². The van der Waals surface area contributed by atoms with E-state index in [-0.39, 0.29) is 17.5 Å². The molecule has 0 aliphatic carbocycles. The summed E-state index contributed by atoms with van der Waals surface area (Å²) >= 11 is 0. The Labute approximate surface area is 221 Å². The van der Waals surface area contributed by atoms with Crippen LogP contribution in [0, 0.1) is 11.6 Å². The first-order valence-electron chi connectivity index (χ1n) is 12.7. The lowest BCUT2D eigenvalue weighted by Crippen LogP contribution is -2.64. The number of benzene rings is 4. The second-order valence-corrected chi connectivity index (χ2v) is 9.59. The maximum atomic E-state index is 13.7. The van der Waals surface area contributed by atoms with Gasteiger partial charge in [-0.15, -0.1) is 0 Å². The quantitative estimate of drug-likeness (QED) is 0.250. The third-order valence-electron chi connectivity index (χ3n) is 7.26. The van der Waals surface area contributed by atoms with Crippen molar-refractivity contribution in [3.8, 4) is 16.9 Å². The minimum atomic E-state index is -0.830. The molecule has 4 aromatic rings. The van der Waals surface area contributed by atoms with Gasteiger partial charge in [-0.05, 0) is 90.6 Å². The Balaban J connectivity index is 1.40. The van der Waals surface area contributed by atoms with Crippen molar-refractivity contribution in [3.63, 3.8) is 0 Å². The van der Waals surface area contributed by atoms with Crippen LogP contribution in [0.15, 0.2) is 97.1 Å². The number of halogens is 2. The number of hydrogen-bond acceptors (Lipinski definition) is 3. The molecule has 194 valence electrons. The Morgan fingerprint density at radius 3 is 1.95 bits per heavy atom. The number of carbonyl (C=O) groups is 1. The van der Waals surface area contributed by atoms with E-state index in [2.05, 4.69) is 0 Å². The number of β-lactam (4-membered cyclic amide) rings is 1. The molecule has 2 atom stereocenters. The molecule has 1 amide bonds. The standard InChI is InChI=1S/C32H29F2NO3/c1-2-38-29-17-7-23(8-18-29)22-3-9-25(10-4-22)32(20-19-30(36)24-5-11-26(33)12-6-24)21-35(31(32)37)28-15-13-27(34)14-16-28/h3-18,30,36H,2,19-21H2,1H3/t30-,32?/m0/s1. The molecule has 1 N–H and O–H groups in total. The summed E-state index contributed by atoms with van der Waals surface area (Å²) in [5.41, 5.74) is 3.33. The molecule has 1 aliphatic heterocycles. The minimum Gasteiger partial charge on any atom is -0.494 e. The van der Waals surface area contributed by atoms with Gasteiger partial charge in [0.25, 0.3) is 0 Å². The van der Waals surface area contributed by atoms with Crippen LogP contribution < -0.4 is 9.64 Å². The zero-order chi connectivity index (χ0) is 26.7. The monoisotopic (exact) mass is 513 g/mol. The van der Waals surface area contributed by atoms with Crippen molar-refractivity contribution >= 4 is 11.6 Å². The van der Waals surface area contributed by atoms with Gasteiger partial charge in [-0.3, -0.25) is 4.79 Å². The second-order valence-electron chi connectivity index (χ2n) is 9.59. The number of aliphatic hydroxyl groups is 1. The van der Waals surface area contributed by atoms with Gasteiger partial charge in [0.05, 0.1) is 18.1 Å². The van der Waals surface area contributed by atoms with Crippen LogP contribution in [-0.4, -0.2) is 24.2 Å². The molecule has 0 saturated carbocycles. The molecule has 5 rings (SSSR count). The van der Waals surface area contributed by atoms with Gasteiger partial charge in [-0.25, -0.2) is 8.78 Å². The molecule has 1 saturated heterocycles. The van der Waals surface area contributed by atoms with Crippen LogP contribution in [0.5, 0.6) is 5.75 Å². The van der Waals surface area contributed by atoms with Gasteiger partial charge in [-0.2, -0.15) is 0 Å². The topological polar surface area (TPSA) is 49.8 Å². The number of nitrogens with zero attached hydrogens (tertiary/aromatic N) is 1. The van der Waals surface area contributed by atoms with E-state index in [9.17, 15) is 18.7 Å². The van der Waals surface area contributed by atoms with Crippen molar-refractivity contribution in [2.24, 2.45) is 0 Å². The van der Waals surface area contributed by atoms with Gasteiger partial charge >= 0.3 is 0 Å². The Hall–Kier alpha value is -4.03. The third-order valence-corrected chi connectivity index (χ3v) is 7.26. The van der Waals surface area contributed by atoms with Gasteiger partial charge in [0.1, 0.15) is 17.4 Å². The number of carbonyl (C=O) groups excluding carboxylic acids is 1. The maximum Gasteiger partial charge on any atom is 0.239 e. The number of rotatable bonds is 9. The van der Waals surface area contributed by atoms with Crippen molar-refractivity contribution in [2.75, 3.05) is 18.1 Å². The highest BCUT2D eigenvalue weighted by atomic mass is 19.1. The largest absolute Gasteiger partial charge is 0.494 e. The van der Waals surface area contributed by atoms with Crippen LogP contribution in [0.1, 0.15) is 37.0 Å². The second kappa shape index (κ2) is 10.8. The fourth-order valence-electron chi connectivity index (χ4n) is 5.08. The highest BCUT2D eigenvalue weighted by Crippen LogP contribution is 2.44. The SMILES string of the molecule is CCOc1ccc(-c2ccc(C3(CC[C@H](O)c4ccc(F)cc4)CN(c4ccc(F)cc4)C3=O)cc2)cc1. The van der Waals surface area contributed by atoms with E-state index in [1.54, 1.807) is 29.2 Å². The van der Waals surface area contributed by atoms with Gasteiger partial charge in [-0.1, -0.05) is 48.5 Å². The van der Waals surface area contributed by atoms with Gasteiger partial charge in [0, 0.05) is 12.2 Å². The number of ether oxygens (including phenoxy) is 1.